The molecule has 0 N–H and O–H groups in total. The summed E-state index contributed by atoms with van der Waals surface area (Å²) >= 11 is 0.875. The molecular weight excluding hydrogens is 518 g/mol. The van der Waals surface area contributed by atoms with Crippen LogP contribution in [0.4, 0.5) is 5.69 Å². The summed E-state index contributed by atoms with van der Waals surface area (Å²) in [5.41, 5.74) is 1.91. The fraction of sp³-hybridized carbons (Fsp3) is 0.200. The van der Waals surface area contributed by atoms with Gasteiger partial charge in [0.15, 0.2) is 5.58 Å². The first-order valence-electron chi connectivity index (χ1n) is 12.6. The van der Waals surface area contributed by atoms with Crippen molar-refractivity contribution >= 4 is 54.0 Å². The molecule has 38 heavy (non-hydrogen) atoms. The van der Waals surface area contributed by atoms with Crippen LogP contribution in [0, 0.1) is 0 Å². The average Bonchev–Trinajstić information content (AvgIpc) is 3.34. The zero-order chi connectivity index (χ0) is 26.3. The van der Waals surface area contributed by atoms with Gasteiger partial charge in [-0.25, -0.2) is 13.2 Å². The molecule has 192 valence electrons. The van der Waals surface area contributed by atoms with Crippen LogP contribution in [-0.4, -0.2) is 14.3 Å². The number of carbonyl (C=O) groups is 1. The van der Waals surface area contributed by atoms with E-state index in [0.717, 1.165) is 34.0 Å². The van der Waals surface area contributed by atoms with Gasteiger partial charge in [-0.2, -0.15) is 4.31 Å². The van der Waals surface area contributed by atoms with Crippen LogP contribution >= 0.6 is 11.3 Å². The maximum absolute atomic E-state index is 14.2. The molecule has 0 unspecified atom stereocenters. The lowest BCUT2D eigenvalue weighted by atomic mass is 9.84. The first kappa shape index (κ1) is 24.6. The van der Waals surface area contributed by atoms with Gasteiger partial charge in [0.25, 0.3) is 15.9 Å². The monoisotopic (exact) mass is 543 g/mol. The molecule has 0 bridgehead atoms. The molecule has 0 aliphatic heterocycles. The molecule has 5 aromatic rings. The fourth-order valence-corrected chi connectivity index (χ4v) is 7.49. The predicted octanol–water partition coefficient (Wildman–Crippen LogP) is 7.09. The van der Waals surface area contributed by atoms with Crippen molar-refractivity contribution in [3.05, 3.63) is 106 Å². The second-order valence-electron chi connectivity index (χ2n) is 9.57. The molecule has 6 rings (SSSR count). The highest BCUT2D eigenvalue weighted by molar-refractivity contribution is 7.93. The quantitative estimate of drug-likeness (QED) is 0.236. The summed E-state index contributed by atoms with van der Waals surface area (Å²) in [4.78, 5) is 25.6. The van der Waals surface area contributed by atoms with Gasteiger partial charge < -0.3 is 4.42 Å². The second-order valence-corrected chi connectivity index (χ2v) is 12.3. The van der Waals surface area contributed by atoms with Crippen LogP contribution in [-0.2, 0) is 10.0 Å². The normalized spacial score (nSPS) is 14.6. The van der Waals surface area contributed by atoms with Gasteiger partial charge in [0, 0.05) is 16.3 Å². The molecule has 0 saturated heterocycles. The van der Waals surface area contributed by atoms with Crippen molar-refractivity contribution in [1.29, 1.82) is 0 Å². The number of sulfonamides is 1. The second kappa shape index (κ2) is 9.85. The summed E-state index contributed by atoms with van der Waals surface area (Å²) in [6, 6.07) is 23.9. The Kier molecular flexibility index (Phi) is 6.37. The summed E-state index contributed by atoms with van der Waals surface area (Å²) in [7, 11) is -4.32. The van der Waals surface area contributed by atoms with E-state index in [-0.39, 0.29) is 16.1 Å². The number of benzene rings is 4. The lowest BCUT2D eigenvalue weighted by Crippen LogP contribution is -2.37. The Morgan fingerprint density at radius 3 is 2.21 bits per heavy atom. The minimum Gasteiger partial charge on any atom is -0.413 e. The summed E-state index contributed by atoms with van der Waals surface area (Å²) in [6.07, 6.45) is 5.80. The standard InChI is InChI=1S/C30H25NO5S2/c32-29(22-11-5-2-6-12-22)31(26-19-27-28(36-30(33)37-27)25-14-8-7-13-24(25)26)38(34,35)23-17-15-21(16-18-23)20-9-3-1-4-10-20/h2,5-8,11-20H,1,3-4,9-10H2. The van der Waals surface area contributed by atoms with Gasteiger partial charge >= 0.3 is 4.94 Å². The Labute approximate surface area is 224 Å². The van der Waals surface area contributed by atoms with Gasteiger partial charge in [-0.3, -0.25) is 4.79 Å². The number of carbonyl (C=O) groups excluding carboxylic acids is 1. The van der Waals surface area contributed by atoms with E-state index >= 15 is 0 Å². The molecule has 8 heteroatoms. The molecular formula is C30H25NO5S2. The molecule has 1 amide bonds. The van der Waals surface area contributed by atoms with Gasteiger partial charge in [0.05, 0.1) is 15.3 Å². The number of nitrogens with zero attached hydrogens (tertiary/aromatic N) is 1. The number of rotatable bonds is 5. The number of hydrogen-bond acceptors (Lipinski definition) is 6. The van der Waals surface area contributed by atoms with Crippen molar-refractivity contribution in [3.63, 3.8) is 0 Å². The van der Waals surface area contributed by atoms with Crippen LogP contribution in [0.15, 0.2) is 99.0 Å². The zero-order valence-electron chi connectivity index (χ0n) is 20.5. The highest BCUT2D eigenvalue weighted by Gasteiger charge is 2.34. The molecule has 1 aliphatic rings. The van der Waals surface area contributed by atoms with E-state index < -0.39 is 20.9 Å². The van der Waals surface area contributed by atoms with Crippen LogP contribution in [0.25, 0.3) is 21.1 Å². The Morgan fingerprint density at radius 1 is 0.842 bits per heavy atom. The van der Waals surface area contributed by atoms with E-state index in [9.17, 15) is 18.0 Å². The van der Waals surface area contributed by atoms with Crippen LogP contribution < -0.4 is 9.24 Å². The van der Waals surface area contributed by atoms with Crippen LogP contribution in [0.3, 0.4) is 0 Å². The molecule has 0 spiro atoms. The van der Waals surface area contributed by atoms with Crippen LogP contribution in [0.2, 0.25) is 0 Å². The summed E-state index contributed by atoms with van der Waals surface area (Å²) < 4.78 is 35.2. The first-order chi connectivity index (χ1) is 18.4. The maximum atomic E-state index is 14.2. The molecule has 0 atom stereocenters. The Morgan fingerprint density at radius 2 is 1.50 bits per heavy atom. The van der Waals surface area contributed by atoms with Gasteiger partial charge in [-0.15, -0.1) is 0 Å². The Hall–Kier alpha value is -3.75. The van der Waals surface area contributed by atoms with Crippen molar-refractivity contribution in [1.82, 2.24) is 0 Å². The predicted molar refractivity (Wildman–Crippen MR) is 151 cm³/mol. The largest absolute Gasteiger partial charge is 0.413 e. The molecule has 1 aliphatic carbocycles. The van der Waals surface area contributed by atoms with Crippen molar-refractivity contribution in [3.8, 4) is 0 Å². The smallest absolute Gasteiger partial charge is 0.396 e. The summed E-state index contributed by atoms with van der Waals surface area (Å²) in [5.74, 6) is -0.250. The minimum atomic E-state index is -4.32. The first-order valence-corrected chi connectivity index (χ1v) is 14.9. The zero-order valence-corrected chi connectivity index (χ0v) is 22.1. The highest BCUT2D eigenvalue weighted by atomic mass is 32.2. The maximum Gasteiger partial charge on any atom is 0.396 e. The number of anilines is 1. The van der Waals surface area contributed by atoms with E-state index in [1.165, 1.54) is 19.3 Å². The third-order valence-electron chi connectivity index (χ3n) is 7.24. The van der Waals surface area contributed by atoms with Crippen LogP contribution in [0.5, 0.6) is 0 Å². The van der Waals surface area contributed by atoms with E-state index in [1.807, 2.05) is 12.1 Å². The molecule has 1 aromatic heterocycles. The summed E-state index contributed by atoms with van der Waals surface area (Å²) in [6.45, 7) is 0. The van der Waals surface area contributed by atoms with Gasteiger partial charge in [-0.1, -0.05) is 85.2 Å². The van der Waals surface area contributed by atoms with Crippen molar-refractivity contribution in [2.75, 3.05) is 4.31 Å². The molecule has 1 fully saturated rings. The average molecular weight is 544 g/mol. The third kappa shape index (κ3) is 4.33. The van der Waals surface area contributed by atoms with Crippen molar-refractivity contribution in [2.24, 2.45) is 0 Å². The van der Waals surface area contributed by atoms with E-state index in [0.29, 0.717) is 27.0 Å². The highest BCUT2D eigenvalue weighted by Crippen LogP contribution is 2.39. The Balaban J connectivity index is 1.54. The lowest BCUT2D eigenvalue weighted by Gasteiger charge is -2.25. The third-order valence-corrected chi connectivity index (χ3v) is 9.72. The lowest BCUT2D eigenvalue weighted by molar-refractivity contribution is 0.101. The molecule has 1 saturated carbocycles. The van der Waals surface area contributed by atoms with Gasteiger partial charge in [0.1, 0.15) is 0 Å². The van der Waals surface area contributed by atoms with Crippen LogP contribution in [0.1, 0.15) is 53.9 Å². The Bertz CT molecular complexity index is 1800. The van der Waals surface area contributed by atoms with Gasteiger partial charge in [-0.05, 0) is 54.7 Å². The SMILES string of the molecule is O=C(c1ccccc1)N(c1cc2sc(=O)oc2c2ccccc12)S(=O)(=O)c1ccc(C2CCCCC2)cc1. The number of hydrogen-bond donors (Lipinski definition) is 0. The van der Waals surface area contributed by atoms with E-state index in [1.54, 1.807) is 72.8 Å². The molecule has 4 aromatic carbocycles. The molecule has 1 heterocycles. The topological polar surface area (TPSA) is 84.7 Å². The summed E-state index contributed by atoms with van der Waals surface area (Å²) in [5, 5.41) is 1.06. The fourth-order valence-electron chi connectivity index (χ4n) is 5.35. The number of amides is 1. The van der Waals surface area contributed by atoms with E-state index in [2.05, 4.69) is 0 Å². The minimum absolute atomic E-state index is 0.0332. The van der Waals surface area contributed by atoms with Gasteiger partial charge in [0.2, 0.25) is 0 Å². The molecule has 6 nitrogen and oxygen atoms in total. The van der Waals surface area contributed by atoms with Crippen molar-refractivity contribution in [2.45, 2.75) is 42.9 Å². The number of fused-ring (bicyclic) bond motifs is 3. The van der Waals surface area contributed by atoms with Crippen molar-refractivity contribution < 1.29 is 17.6 Å². The molecule has 0 radical (unpaired) electrons. The van der Waals surface area contributed by atoms with E-state index in [4.69, 9.17) is 4.42 Å².